The Morgan fingerprint density at radius 1 is 0.641 bits per heavy atom. The molecule has 11 nitrogen and oxygen atoms in total. The third-order valence-corrected chi connectivity index (χ3v) is 10.6. The average molecular weight is 876 g/mol. The number of methoxy groups -OCH3 is 3. The van der Waals surface area contributed by atoms with Crippen LogP contribution in [0.4, 0.5) is 4.39 Å². The van der Waals surface area contributed by atoms with Gasteiger partial charge in [0.2, 0.25) is 5.91 Å². The smallest absolute Gasteiger partial charge is 0.329 e. The van der Waals surface area contributed by atoms with Gasteiger partial charge < -0.3 is 29.0 Å². The summed E-state index contributed by atoms with van der Waals surface area (Å²) in [6.07, 6.45) is -0.573. The number of hydrogen-bond acceptors (Lipinski definition) is 9. The molecule has 0 radical (unpaired) electrons. The zero-order valence-corrected chi connectivity index (χ0v) is 38.2. The number of nitrogens with zero attached hydrogens (tertiary/aromatic N) is 2. The normalized spacial score (nSPS) is 13.4. The van der Waals surface area contributed by atoms with E-state index in [4.69, 9.17) is 23.7 Å². The van der Waals surface area contributed by atoms with Crippen molar-refractivity contribution in [3.63, 3.8) is 0 Å². The first kappa shape index (κ1) is 48.8. The Kier molecular flexibility index (Phi) is 17.5. The highest BCUT2D eigenvalue weighted by molar-refractivity contribution is 5.94. The van der Waals surface area contributed by atoms with Crippen LogP contribution in [0, 0.1) is 5.92 Å². The van der Waals surface area contributed by atoms with Gasteiger partial charge in [-0.1, -0.05) is 111 Å². The number of carbonyl (C=O) groups is 3. The number of amides is 2. The number of rotatable bonds is 22. The monoisotopic (exact) mass is 875 g/mol. The molecule has 340 valence electrons. The summed E-state index contributed by atoms with van der Waals surface area (Å²) in [5.41, 5.74) is 2.96. The molecule has 5 aromatic rings. The first-order valence-corrected chi connectivity index (χ1v) is 21.4. The highest BCUT2D eigenvalue weighted by Crippen LogP contribution is 2.30. The Balaban J connectivity index is 1.51. The van der Waals surface area contributed by atoms with E-state index in [-0.39, 0.29) is 12.3 Å². The average Bonchev–Trinajstić information content (AvgIpc) is 3.28. The summed E-state index contributed by atoms with van der Waals surface area (Å²) in [4.78, 5) is 47.0. The lowest BCUT2D eigenvalue weighted by atomic mass is 9.95. The van der Waals surface area contributed by atoms with E-state index in [9.17, 15) is 9.59 Å². The predicted molar refractivity (Wildman–Crippen MR) is 245 cm³/mol. The van der Waals surface area contributed by atoms with Gasteiger partial charge >= 0.3 is 5.97 Å². The summed E-state index contributed by atoms with van der Waals surface area (Å²) in [6.45, 7) is 9.31. The van der Waals surface area contributed by atoms with Crippen LogP contribution in [0.1, 0.15) is 62.4 Å². The lowest BCUT2D eigenvalue weighted by Gasteiger charge is -2.42. The minimum atomic E-state index is -3.05. The number of nitrogens with one attached hydrogen (secondary N) is 1. The minimum Gasteiger partial charge on any atom is -0.497 e. The molecule has 12 heteroatoms. The number of benzene rings is 5. The van der Waals surface area contributed by atoms with Crippen LogP contribution in [0.2, 0.25) is 0 Å². The molecule has 5 aromatic carbocycles. The minimum absolute atomic E-state index is 0.0363. The number of carbonyl (C=O) groups excluding carboxylic acids is 3. The standard InChI is InChI=1S/C52H62FN3O8/c1-37(2)47(55(33-40-21-25-43(61-7)26-22-40)34-41-23-27-44(62-8)28-24-41)48(57)56(36-60-6)52(53,32-39-15-11-9-12-16-39)50(59)54-46(49(58)64-51(3,4)5)31-38-19-29-45(30-20-38)63-35-42-17-13-10-14-18-42/h9-30,37,46-47H,31-36H2,1-8H3,(H,54,59)/t46-,47-,52-/m0/s1. The number of alkyl halides is 1. The lowest BCUT2D eigenvalue weighted by molar-refractivity contribution is -0.176. The van der Waals surface area contributed by atoms with Crippen molar-refractivity contribution in [1.82, 2.24) is 15.1 Å². The molecule has 0 heterocycles. The van der Waals surface area contributed by atoms with Gasteiger partial charge in [-0.3, -0.25) is 19.4 Å². The van der Waals surface area contributed by atoms with Crippen molar-refractivity contribution in [2.45, 2.75) is 90.6 Å². The van der Waals surface area contributed by atoms with E-state index >= 15 is 9.18 Å². The van der Waals surface area contributed by atoms with Crippen LogP contribution in [-0.2, 0) is 56.4 Å². The van der Waals surface area contributed by atoms with Crippen molar-refractivity contribution in [3.05, 3.63) is 161 Å². The van der Waals surface area contributed by atoms with Crippen LogP contribution < -0.4 is 19.5 Å². The molecule has 0 aliphatic carbocycles. The zero-order valence-electron chi connectivity index (χ0n) is 38.2. The van der Waals surface area contributed by atoms with Crippen molar-refractivity contribution in [1.29, 1.82) is 0 Å². The number of esters is 1. The van der Waals surface area contributed by atoms with Gasteiger partial charge in [-0.2, -0.15) is 0 Å². The van der Waals surface area contributed by atoms with Gasteiger partial charge in [-0.15, -0.1) is 0 Å². The second-order valence-electron chi connectivity index (χ2n) is 17.1. The van der Waals surface area contributed by atoms with Gasteiger partial charge in [0.15, 0.2) is 0 Å². The Morgan fingerprint density at radius 2 is 1.12 bits per heavy atom. The molecule has 64 heavy (non-hydrogen) atoms. The Morgan fingerprint density at radius 3 is 1.59 bits per heavy atom. The quantitative estimate of drug-likeness (QED) is 0.0414. The predicted octanol–water partition coefficient (Wildman–Crippen LogP) is 8.72. The van der Waals surface area contributed by atoms with Crippen molar-refractivity contribution in [3.8, 4) is 17.2 Å². The van der Waals surface area contributed by atoms with Crippen molar-refractivity contribution >= 4 is 17.8 Å². The van der Waals surface area contributed by atoms with E-state index in [0.717, 1.165) is 21.6 Å². The number of hydrogen-bond donors (Lipinski definition) is 1. The third-order valence-electron chi connectivity index (χ3n) is 10.6. The van der Waals surface area contributed by atoms with E-state index < -0.39 is 54.4 Å². The molecule has 0 unspecified atom stereocenters. The van der Waals surface area contributed by atoms with Gasteiger partial charge in [-0.25, -0.2) is 9.18 Å². The Bertz CT molecular complexity index is 2170. The zero-order chi connectivity index (χ0) is 46.3. The summed E-state index contributed by atoms with van der Waals surface area (Å²) in [6, 6.07) is 38.2. The SMILES string of the molecule is COCN(C(=O)[C@H](C(C)C)N(Cc1ccc(OC)cc1)Cc1ccc(OC)cc1)[C@@](F)(Cc1ccccc1)C(=O)N[C@@H](Cc1ccc(OCc2ccccc2)cc1)C(=O)OC(C)(C)C. The molecular formula is C52H62FN3O8. The Labute approximate surface area is 377 Å². The fraction of sp³-hybridized carbons (Fsp3) is 0.365. The van der Waals surface area contributed by atoms with Crippen LogP contribution >= 0.6 is 0 Å². The number of ether oxygens (including phenoxy) is 5. The van der Waals surface area contributed by atoms with Gasteiger partial charge in [0.05, 0.1) is 20.3 Å². The second-order valence-corrected chi connectivity index (χ2v) is 17.1. The second kappa shape index (κ2) is 22.9. The van der Waals surface area contributed by atoms with Gasteiger partial charge in [-0.05, 0) is 90.9 Å². The van der Waals surface area contributed by atoms with Gasteiger partial charge in [0, 0.05) is 33.0 Å². The van der Waals surface area contributed by atoms with E-state index in [2.05, 4.69) is 5.32 Å². The van der Waals surface area contributed by atoms with Crippen molar-refractivity contribution < 1.29 is 42.5 Å². The molecule has 0 bridgehead atoms. The molecule has 0 spiro atoms. The molecule has 0 aliphatic rings. The van der Waals surface area contributed by atoms with E-state index in [1.54, 1.807) is 89.6 Å². The lowest BCUT2D eigenvalue weighted by Crippen LogP contribution is -2.65. The molecule has 1 N–H and O–H groups in total. The van der Waals surface area contributed by atoms with Crippen molar-refractivity contribution in [2.75, 3.05) is 28.1 Å². The maximum Gasteiger partial charge on any atom is 0.329 e. The summed E-state index contributed by atoms with van der Waals surface area (Å²) >= 11 is 0. The van der Waals surface area contributed by atoms with E-state index in [1.165, 1.54) is 7.11 Å². The Hall–Kier alpha value is -6.24. The van der Waals surface area contributed by atoms with Gasteiger partial charge in [0.25, 0.3) is 11.7 Å². The van der Waals surface area contributed by atoms with Crippen LogP contribution in [0.15, 0.2) is 133 Å². The molecule has 5 rings (SSSR count). The third kappa shape index (κ3) is 13.9. The van der Waals surface area contributed by atoms with E-state index in [1.807, 2.05) is 97.6 Å². The summed E-state index contributed by atoms with van der Waals surface area (Å²) in [5, 5.41) is 2.70. The largest absolute Gasteiger partial charge is 0.497 e. The summed E-state index contributed by atoms with van der Waals surface area (Å²) < 4.78 is 46.8. The first-order valence-electron chi connectivity index (χ1n) is 21.4. The summed E-state index contributed by atoms with van der Waals surface area (Å²) in [7, 11) is 4.52. The molecule has 3 atom stereocenters. The van der Waals surface area contributed by atoms with E-state index in [0.29, 0.717) is 48.1 Å². The molecule has 0 saturated heterocycles. The molecule has 2 amide bonds. The molecular weight excluding hydrogens is 814 g/mol. The van der Waals surface area contributed by atoms with Crippen LogP contribution in [0.5, 0.6) is 17.2 Å². The molecule has 0 saturated carbocycles. The topological polar surface area (TPSA) is 116 Å². The maximum atomic E-state index is 18.7. The number of halogens is 1. The van der Waals surface area contributed by atoms with Crippen LogP contribution in [-0.4, -0.2) is 79.1 Å². The highest BCUT2D eigenvalue weighted by Gasteiger charge is 2.51. The molecule has 0 aliphatic heterocycles. The first-order chi connectivity index (χ1) is 30.6. The fourth-order valence-electron chi connectivity index (χ4n) is 7.37. The molecule has 0 fully saturated rings. The maximum absolute atomic E-state index is 18.7. The fourth-order valence-corrected chi connectivity index (χ4v) is 7.37. The van der Waals surface area contributed by atoms with Crippen LogP contribution in [0.3, 0.4) is 0 Å². The van der Waals surface area contributed by atoms with Crippen LogP contribution in [0.25, 0.3) is 0 Å². The molecule has 0 aromatic heterocycles. The van der Waals surface area contributed by atoms with Gasteiger partial charge in [0.1, 0.15) is 42.2 Å². The van der Waals surface area contributed by atoms with Crippen molar-refractivity contribution in [2.24, 2.45) is 5.92 Å². The summed E-state index contributed by atoms with van der Waals surface area (Å²) in [5.74, 6) is -4.09. The highest BCUT2D eigenvalue weighted by atomic mass is 19.1.